The number of hydrogen-bond donors (Lipinski definition) is 0. The van der Waals surface area contributed by atoms with E-state index in [1.807, 2.05) is 0 Å². The van der Waals surface area contributed by atoms with Gasteiger partial charge in [-0.3, -0.25) is 4.79 Å². The maximum Gasteiger partial charge on any atom is 0.182 e. The molecule has 0 N–H and O–H groups in total. The van der Waals surface area contributed by atoms with Gasteiger partial charge in [-0.05, 0) is 39.0 Å². The van der Waals surface area contributed by atoms with Crippen LogP contribution in [0, 0.1) is 25.5 Å². The molecule has 0 bridgehead atoms. The summed E-state index contributed by atoms with van der Waals surface area (Å²) < 4.78 is 28.8. The van der Waals surface area contributed by atoms with Crippen LogP contribution in [0.3, 0.4) is 0 Å². The first-order chi connectivity index (χ1) is 9.34. The molecule has 5 heteroatoms. The molecular formula is C15H14ClF2NO. The van der Waals surface area contributed by atoms with Gasteiger partial charge < -0.3 is 4.57 Å². The van der Waals surface area contributed by atoms with Gasteiger partial charge in [0.1, 0.15) is 0 Å². The standard InChI is InChI=1S/C15H14ClF2NO/c1-8-7-11(15(20)9(2)16)10(3)19(8)13-6-4-5-12(17)14(13)18/h4-7,9H,1-3H3. The number of carbonyl (C=O) groups is 1. The molecule has 2 nitrogen and oxygen atoms in total. The topological polar surface area (TPSA) is 22.0 Å². The number of aryl methyl sites for hydroxylation is 1. The Morgan fingerprint density at radius 3 is 2.55 bits per heavy atom. The third-order valence-corrected chi connectivity index (χ3v) is 3.43. The van der Waals surface area contributed by atoms with E-state index in [0.29, 0.717) is 17.0 Å². The molecule has 0 saturated heterocycles. The first-order valence-corrected chi connectivity index (χ1v) is 6.59. The van der Waals surface area contributed by atoms with Crippen molar-refractivity contribution in [2.45, 2.75) is 26.1 Å². The number of Topliss-reactive ketones (excluding diaryl/α,β-unsaturated/α-hetero) is 1. The second kappa shape index (κ2) is 5.37. The second-order valence-corrected chi connectivity index (χ2v) is 5.33. The van der Waals surface area contributed by atoms with E-state index in [0.717, 1.165) is 6.07 Å². The monoisotopic (exact) mass is 297 g/mol. The van der Waals surface area contributed by atoms with Crippen LogP contribution in [0.25, 0.3) is 5.69 Å². The van der Waals surface area contributed by atoms with Gasteiger partial charge in [0.25, 0.3) is 0 Å². The van der Waals surface area contributed by atoms with Crippen LogP contribution < -0.4 is 0 Å². The Labute approximate surface area is 121 Å². The summed E-state index contributed by atoms with van der Waals surface area (Å²) in [6.07, 6.45) is 0. The molecule has 1 aromatic heterocycles. The van der Waals surface area contributed by atoms with Gasteiger partial charge >= 0.3 is 0 Å². The summed E-state index contributed by atoms with van der Waals surface area (Å²) in [7, 11) is 0. The first-order valence-electron chi connectivity index (χ1n) is 6.16. The number of ketones is 1. The Balaban J connectivity index is 2.65. The number of hydrogen-bond acceptors (Lipinski definition) is 1. The fourth-order valence-corrected chi connectivity index (χ4v) is 2.38. The maximum atomic E-state index is 13.9. The van der Waals surface area contributed by atoms with Crippen molar-refractivity contribution in [1.82, 2.24) is 4.57 Å². The number of alkyl halides is 1. The highest BCUT2D eigenvalue weighted by Gasteiger charge is 2.21. The SMILES string of the molecule is Cc1cc(C(=O)C(C)Cl)c(C)n1-c1cccc(F)c1F. The molecule has 20 heavy (non-hydrogen) atoms. The molecule has 0 spiro atoms. The highest BCUT2D eigenvalue weighted by Crippen LogP contribution is 2.25. The Morgan fingerprint density at radius 1 is 1.30 bits per heavy atom. The molecule has 0 radical (unpaired) electrons. The lowest BCUT2D eigenvalue weighted by Crippen LogP contribution is -2.12. The number of aromatic nitrogens is 1. The van der Waals surface area contributed by atoms with Crippen molar-refractivity contribution in [2.75, 3.05) is 0 Å². The third-order valence-electron chi connectivity index (χ3n) is 3.23. The molecular weight excluding hydrogens is 284 g/mol. The van der Waals surface area contributed by atoms with E-state index < -0.39 is 17.0 Å². The lowest BCUT2D eigenvalue weighted by Gasteiger charge is -2.11. The number of rotatable bonds is 3. The number of benzene rings is 1. The summed E-state index contributed by atoms with van der Waals surface area (Å²) in [6, 6.07) is 5.59. The summed E-state index contributed by atoms with van der Waals surface area (Å²) in [5.41, 5.74) is 1.70. The van der Waals surface area contributed by atoms with Crippen molar-refractivity contribution in [3.63, 3.8) is 0 Å². The minimum atomic E-state index is -0.938. The van der Waals surface area contributed by atoms with E-state index in [-0.39, 0.29) is 11.5 Å². The van der Waals surface area contributed by atoms with Crippen molar-refractivity contribution in [3.8, 4) is 5.69 Å². The van der Waals surface area contributed by atoms with Crippen LogP contribution in [-0.4, -0.2) is 15.7 Å². The molecule has 1 heterocycles. The molecule has 1 aromatic carbocycles. The number of carbonyl (C=O) groups excluding carboxylic acids is 1. The van der Waals surface area contributed by atoms with Crippen LogP contribution in [0.15, 0.2) is 24.3 Å². The van der Waals surface area contributed by atoms with Gasteiger partial charge in [-0.1, -0.05) is 6.07 Å². The Kier molecular flexibility index (Phi) is 3.95. The molecule has 106 valence electrons. The van der Waals surface area contributed by atoms with Gasteiger partial charge in [-0.15, -0.1) is 11.6 Å². The van der Waals surface area contributed by atoms with Crippen LogP contribution in [0.1, 0.15) is 28.7 Å². The Hall–Kier alpha value is -1.68. The average molecular weight is 298 g/mol. The predicted octanol–water partition coefficient (Wildman–Crippen LogP) is 4.18. The fourth-order valence-electron chi connectivity index (χ4n) is 2.26. The lowest BCUT2D eigenvalue weighted by atomic mass is 10.1. The molecule has 0 aliphatic heterocycles. The van der Waals surface area contributed by atoms with Crippen molar-refractivity contribution in [1.29, 1.82) is 0 Å². The third kappa shape index (κ3) is 2.36. The molecule has 0 saturated carbocycles. The molecule has 0 amide bonds. The van der Waals surface area contributed by atoms with Crippen LogP contribution >= 0.6 is 11.6 Å². The quantitative estimate of drug-likeness (QED) is 0.615. The Bertz CT molecular complexity index is 677. The lowest BCUT2D eigenvalue weighted by molar-refractivity contribution is 0.0991. The van der Waals surface area contributed by atoms with Crippen molar-refractivity contribution < 1.29 is 13.6 Å². The van der Waals surface area contributed by atoms with Crippen molar-refractivity contribution >= 4 is 17.4 Å². The first kappa shape index (κ1) is 14.7. The molecule has 1 atom stereocenters. The zero-order chi connectivity index (χ0) is 15.0. The molecule has 0 aliphatic carbocycles. The summed E-state index contributed by atoms with van der Waals surface area (Å²) >= 11 is 5.81. The van der Waals surface area contributed by atoms with Crippen molar-refractivity contribution in [3.05, 3.63) is 52.9 Å². The summed E-state index contributed by atoms with van der Waals surface area (Å²) in [6.45, 7) is 5.00. The van der Waals surface area contributed by atoms with E-state index in [2.05, 4.69) is 0 Å². The van der Waals surface area contributed by atoms with Gasteiger partial charge in [0.2, 0.25) is 0 Å². The zero-order valence-corrected chi connectivity index (χ0v) is 12.1. The fraction of sp³-hybridized carbons (Fsp3) is 0.267. The Morgan fingerprint density at radius 2 is 1.95 bits per heavy atom. The van der Waals surface area contributed by atoms with Gasteiger partial charge in [-0.25, -0.2) is 8.78 Å². The highest BCUT2D eigenvalue weighted by atomic mass is 35.5. The molecule has 2 rings (SSSR count). The molecule has 0 fully saturated rings. The minimum absolute atomic E-state index is 0.0845. The van der Waals surface area contributed by atoms with E-state index in [4.69, 9.17) is 11.6 Å². The smallest absolute Gasteiger partial charge is 0.182 e. The summed E-state index contributed by atoms with van der Waals surface area (Å²) in [4.78, 5) is 12.0. The van der Waals surface area contributed by atoms with Crippen LogP contribution in [0.2, 0.25) is 0 Å². The highest BCUT2D eigenvalue weighted by molar-refractivity contribution is 6.33. The molecule has 2 aromatic rings. The molecule has 0 aliphatic rings. The zero-order valence-electron chi connectivity index (χ0n) is 11.4. The number of halogens is 3. The van der Waals surface area contributed by atoms with Gasteiger partial charge in [0.15, 0.2) is 17.4 Å². The van der Waals surface area contributed by atoms with Crippen molar-refractivity contribution in [2.24, 2.45) is 0 Å². The average Bonchev–Trinajstić information content (AvgIpc) is 2.68. The maximum absolute atomic E-state index is 13.9. The van der Waals surface area contributed by atoms with E-state index in [1.165, 1.54) is 16.7 Å². The van der Waals surface area contributed by atoms with Crippen LogP contribution in [0.4, 0.5) is 8.78 Å². The largest absolute Gasteiger partial charge is 0.315 e. The van der Waals surface area contributed by atoms with Crippen LogP contribution in [-0.2, 0) is 0 Å². The van der Waals surface area contributed by atoms with Gasteiger partial charge in [0.05, 0.1) is 11.1 Å². The van der Waals surface area contributed by atoms with Gasteiger partial charge in [0, 0.05) is 17.0 Å². The van der Waals surface area contributed by atoms with E-state index >= 15 is 0 Å². The van der Waals surface area contributed by atoms with Crippen LogP contribution in [0.5, 0.6) is 0 Å². The second-order valence-electron chi connectivity index (χ2n) is 4.67. The normalized spacial score (nSPS) is 12.5. The number of nitrogens with zero attached hydrogens (tertiary/aromatic N) is 1. The van der Waals surface area contributed by atoms with E-state index in [1.54, 1.807) is 26.8 Å². The van der Waals surface area contributed by atoms with Gasteiger partial charge in [-0.2, -0.15) is 0 Å². The summed E-state index contributed by atoms with van der Waals surface area (Å²) in [5.74, 6) is -2.09. The summed E-state index contributed by atoms with van der Waals surface area (Å²) in [5, 5.41) is -0.665. The minimum Gasteiger partial charge on any atom is -0.315 e. The predicted molar refractivity (Wildman–Crippen MR) is 74.8 cm³/mol. The van der Waals surface area contributed by atoms with E-state index in [9.17, 15) is 13.6 Å². The molecule has 1 unspecified atom stereocenters.